The summed E-state index contributed by atoms with van der Waals surface area (Å²) in [5, 5.41) is 0.597. The second kappa shape index (κ2) is 7.80. The van der Waals surface area contributed by atoms with Crippen LogP contribution in [-0.2, 0) is 14.4 Å². The number of amides is 3. The van der Waals surface area contributed by atoms with E-state index in [1.54, 1.807) is 26.0 Å². The second-order valence-electron chi connectivity index (χ2n) is 6.66. The highest BCUT2D eigenvalue weighted by atomic mass is 35.6. The fourth-order valence-corrected chi connectivity index (χ4v) is 3.76. The number of fused-ring (bicyclic) bond motifs is 1. The molecular weight excluding hydrogens is 466 g/mol. The van der Waals surface area contributed by atoms with Crippen LogP contribution in [0.5, 0.6) is 0 Å². The van der Waals surface area contributed by atoms with Crippen molar-refractivity contribution in [2.24, 2.45) is 0 Å². The van der Waals surface area contributed by atoms with E-state index in [1.807, 2.05) is 0 Å². The number of nitrogens with zero attached hydrogens (tertiary/aromatic N) is 2. The summed E-state index contributed by atoms with van der Waals surface area (Å²) in [6.45, 7) is 3.23. The Hall–Kier alpha value is -1.80. The highest BCUT2D eigenvalue weighted by Crippen LogP contribution is 2.37. The van der Waals surface area contributed by atoms with Crippen LogP contribution in [0.25, 0.3) is 0 Å². The maximum Gasteiger partial charge on any atom is 0.359 e. The normalized spacial score (nSPS) is 21.1. The van der Waals surface area contributed by atoms with E-state index in [-0.39, 0.29) is 23.1 Å². The van der Waals surface area contributed by atoms with Gasteiger partial charge in [-0.25, -0.2) is 4.79 Å². The van der Waals surface area contributed by atoms with Crippen LogP contribution >= 0.6 is 46.4 Å². The Morgan fingerprint density at radius 3 is 2.00 bits per heavy atom. The molecule has 0 bridgehead atoms. The van der Waals surface area contributed by atoms with Crippen LogP contribution in [0.2, 0.25) is 0 Å². The van der Waals surface area contributed by atoms with Gasteiger partial charge in [-0.2, -0.15) is 0 Å². The first-order valence-corrected chi connectivity index (χ1v) is 9.90. The Morgan fingerprint density at radius 2 is 1.59 bits per heavy atom. The van der Waals surface area contributed by atoms with Gasteiger partial charge in [-0.3, -0.25) is 19.3 Å². The molecule has 1 aromatic carbocycles. The van der Waals surface area contributed by atoms with Crippen molar-refractivity contribution in [1.82, 2.24) is 9.96 Å². The smallest absolute Gasteiger partial charge is 0.331 e. The van der Waals surface area contributed by atoms with Crippen LogP contribution in [0.15, 0.2) is 35.4 Å². The number of allylic oxidation sites excluding steroid dienone is 1. The molecule has 154 valence electrons. The predicted molar refractivity (Wildman–Crippen MR) is 107 cm³/mol. The summed E-state index contributed by atoms with van der Waals surface area (Å²) < 4.78 is -1.74. The van der Waals surface area contributed by atoms with Gasteiger partial charge in [0.05, 0.1) is 11.1 Å². The van der Waals surface area contributed by atoms with Crippen LogP contribution in [-0.4, -0.2) is 49.0 Å². The molecule has 0 aromatic heterocycles. The molecule has 11 heteroatoms. The molecule has 7 nitrogen and oxygen atoms in total. The van der Waals surface area contributed by atoms with Gasteiger partial charge in [0.25, 0.3) is 17.7 Å². The number of imide groups is 1. The average Bonchev–Trinajstić information content (AvgIpc) is 2.89. The molecule has 0 spiro atoms. The molecule has 0 radical (unpaired) electrons. The van der Waals surface area contributed by atoms with Gasteiger partial charge in [-0.1, -0.05) is 64.1 Å². The van der Waals surface area contributed by atoms with Crippen LogP contribution in [0, 0.1) is 0 Å². The molecule has 2 atom stereocenters. The van der Waals surface area contributed by atoms with Crippen LogP contribution < -0.4 is 0 Å². The number of hydroxylamine groups is 2. The van der Waals surface area contributed by atoms with Crippen molar-refractivity contribution < 1.29 is 24.0 Å². The van der Waals surface area contributed by atoms with Gasteiger partial charge in [0.1, 0.15) is 0 Å². The first-order valence-electron chi connectivity index (χ1n) is 8.33. The summed E-state index contributed by atoms with van der Waals surface area (Å²) in [5.41, 5.74) is -0.304. The molecule has 3 rings (SSSR count). The third-order valence-electron chi connectivity index (χ3n) is 4.47. The van der Waals surface area contributed by atoms with Gasteiger partial charge in [0.2, 0.25) is 0 Å². The number of carbonyl (C=O) groups is 4. The minimum Gasteiger partial charge on any atom is -0.331 e. The molecule has 2 aliphatic heterocycles. The number of carbonyl (C=O) groups excluding carboxylic acids is 4. The zero-order valence-electron chi connectivity index (χ0n) is 15.1. The second-order valence-corrected chi connectivity index (χ2v) is 9.62. The van der Waals surface area contributed by atoms with Gasteiger partial charge in [0.15, 0.2) is 15.3 Å². The summed E-state index contributed by atoms with van der Waals surface area (Å²) in [7, 11) is 0. The van der Waals surface area contributed by atoms with Crippen molar-refractivity contribution in [2.75, 3.05) is 0 Å². The molecule has 1 saturated heterocycles. The molecular formula is C18H14Cl4N2O5. The number of alkyl halides is 4. The predicted octanol–water partition coefficient (Wildman–Crippen LogP) is 3.61. The van der Waals surface area contributed by atoms with Gasteiger partial charge < -0.3 is 4.84 Å². The third kappa shape index (κ3) is 3.97. The van der Waals surface area contributed by atoms with E-state index < -0.39 is 39.0 Å². The van der Waals surface area contributed by atoms with Crippen LogP contribution in [0.4, 0.5) is 0 Å². The standard InChI is InChI=1S/C18H14Cl4N2O5/c1-8(2)11(7-18(20,21)22)17(28)29-24-13(19)12(16(24)27)23-14(25)9-5-3-4-6-10(9)15(23)26/h3-6,12-13H,7H2,1-2H3. The van der Waals surface area contributed by atoms with E-state index >= 15 is 0 Å². The minimum absolute atomic E-state index is 0.0610. The van der Waals surface area contributed by atoms with Crippen molar-refractivity contribution in [2.45, 2.75) is 35.6 Å². The minimum atomic E-state index is -1.74. The summed E-state index contributed by atoms with van der Waals surface area (Å²) in [6, 6.07) is 4.89. The molecule has 0 N–H and O–H groups in total. The van der Waals surface area contributed by atoms with Crippen LogP contribution in [0.3, 0.4) is 0 Å². The Morgan fingerprint density at radius 1 is 1.07 bits per heavy atom. The van der Waals surface area contributed by atoms with Crippen molar-refractivity contribution in [3.63, 3.8) is 0 Å². The maximum absolute atomic E-state index is 12.5. The Balaban J connectivity index is 1.75. The van der Waals surface area contributed by atoms with E-state index in [9.17, 15) is 19.2 Å². The van der Waals surface area contributed by atoms with Crippen molar-refractivity contribution in [3.05, 3.63) is 46.5 Å². The van der Waals surface area contributed by atoms with Crippen LogP contribution in [0.1, 0.15) is 41.0 Å². The summed E-state index contributed by atoms with van der Waals surface area (Å²) in [4.78, 5) is 55.9. The SMILES string of the molecule is CC(C)=C(CC(Cl)(Cl)Cl)C(=O)ON1C(=O)C(N2C(=O)c3ccccc3C2=O)C1Cl. The molecule has 29 heavy (non-hydrogen) atoms. The number of hydrogen-bond donors (Lipinski definition) is 0. The summed E-state index contributed by atoms with van der Waals surface area (Å²) in [5.74, 6) is -3.01. The van der Waals surface area contributed by atoms with Crippen molar-refractivity contribution >= 4 is 70.1 Å². The fourth-order valence-electron chi connectivity index (χ4n) is 3.00. The lowest BCUT2D eigenvalue weighted by Crippen LogP contribution is -2.69. The van der Waals surface area contributed by atoms with E-state index in [0.717, 1.165) is 4.90 Å². The average molecular weight is 480 g/mol. The maximum atomic E-state index is 12.5. The Labute approximate surface area is 186 Å². The molecule has 0 aliphatic carbocycles. The van der Waals surface area contributed by atoms with Crippen molar-refractivity contribution in [3.8, 4) is 0 Å². The third-order valence-corrected chi connectivity index (χ3v) is 5.28. The van der Waals surface area contributed by atoms with Gasteiger partial charge >= 0.3 is 5.97 Å². The van der Waals surface area contributed by atoms with Gasteiger partial charge in [-0.05, 0) is 26.0 Å². The van der Waals surface area contributed by atoms with E-state index in [2.05, 4.69) is 0 Å². The zero-order chi connectivity index (χ0) is 21.7. The highest BCUT2D eigenvalue weighted by Gasteiger charge is 2.58. The molecule has 1 fully saturated rings. The highest BCUT2D eigenvalue weighted by molar-refractivity contribution is 6.67. The lowest BCUT2D eigenvalue weighted by Gasteiger charge is -2.43. The fraction of sp³-hybridized carbons (Fsp3) is 0.333. The molecule has 2 aliphatic rings. The molecule has 2 unspecified atom stereocenters. The Bertz CT molecular complexity index is 917. The quantitative estimate of drug-likeness (QED) is 0.216. The van der Waals surface area contributed by atoms with Gasteiger partial charge in [-0.15, -0.1) is 5.06 Å². The number of halogens is 4. The molecule has 3 amide bonds. The molecule has 2 heterocycles. The number of hydrogen-bond acceptors (Lipinski definition) is 5. The van der Waals surface area contributed by atoms with E-state index in [0.29, 0.717) is 10.6 Å². The molecule has 1 aromatic rings. The Kier molecular flexibility index (Phi) is 5.89. The first-order chi connectivity index (χ1) is 13.4. The van der Waals surface area contributed by atoms with E-state index in [4.69, 9.17) is 51.2 Å². The number of β-lactam (4-membered cyclic amide) rings is 1. The first kappa shape index (κ1) is 21.9. The zero-order valence-corrected chi connectivity index (χ0v) is 18.1. The lowest BCUT2D eigenvalue weighted by molar-refractivity contribution is -0.223. The summed E-state index contributed by atoms with van der Waals surface area (Å²) in [6.07, 6.45) is -0.240. The van der Waals surface area contributed by atoms with Crippen molar-refractivity contribution in [1.29, 1.82) is 0 Å². The monoisotopic (exact) mass is 478 g/mol. The van der Waals surface area contributed by atoms with E-state index in [1.165, 1.54) is 12.1 Å². The number of rotatable bonds is 4. The van der Waals surface area contributed by atoms with Gasteiger partial charge in [0, 0.05) is 12.0 Å². The number of benzene rings is 1. The topological polar surface area (TPSA) is 84.0 Å². The molecule has 0 saturated carbocycles. The summed E-state index contributed by atoms with van der Waals surface area (Å²) >= 11 is 23.4. The largest absolute Gasteiger partial charge is 0.359 e. The lowest BCUT2D eigenvalue weighted by atomic mass is 10.1.